The molecule has 3 fully saturated rings. The number of alkyl halides is 1. The maximum atomic E-state index is 14.9. The fourth-order valence-corrected chi connectivity index (χ4v) is 11.1. The molecule has 3 unspecified atom stereocenters. The topological polar surface area (TPSA) is 81.2 Å². The maximum Gasteiger partial charge on any atom is 0.251 e. The van der Waals surface area contributed by atoms with Gasteiger partial charge in [0.15, 0.2) is 0 Å². The first-order valence-electron chi connectivity index (χ1n) is 15.3. The van der Waals surface area contributed by atoms with Crippen LogP contribution in [-0.4, -0.2) is 79.2 Å². The van der Waals surface area contributed by atoms with Crippen LogP contribution < -0.4 is 4.90 Å². The smallest absolute Gasteiger partial charge is 0.251 e. The SMILES string of the molecule is C=CCN(Cc1ccccc1)C(=O)[C@H]1[C@@H]2SC3(CC2Br)C(C(=O)N(CC=C)c2ccc4ccccc4c2)N([C@H](C)CO)C(=O)[C@H]13. The third-order valence-electron chi connectivity index (χ3n) is 9.49. The van der Waals surface area contributed by atoms with Gasteiger partial charge in [-0.2, -0.15) is 0 Å². The van der Waals surface area contributed by atoms with Crippen LogP contribution in [0.1, 0.15) is 18.9 Å². The number of aliphatic hydroxyl groups is 1. The molecule has 234 valence electrons. The van der Waals surface area contributed by atoms with Gasteiger partial charge in [0.05, 0.1) is 29.2 Å². The van der Waals surface area contributed by atoms with Crippen LogP contribution in [0.15, 0.2) is 98.1 Å². The molecule has 3 aliphatic heterocycles. The van der Waals surface area contributed by atoms with E-state index in [2.05, 4.69) is 29.1 Å². The van der Waals surface area contributed by atoms with Gasteiger partial charge >= 0.3 is 0 Å². The number of benzene rings is 3. The summed E-state index contributed by atoms with van der Waals surface area (Å²) in [6.45, 7) is 10.3. The number of hydrogen-bond acceptors (Lipinski definition) is 5. The van der Waals surface area contributed by atoms with Gasteiger partial charge in [-0.05, 0) is 41.8 Å². The fraction of sp³-hybridized carbons (Fsp3) is 0.361. The van der Waals surface area contributed by atoms with Gasteiger partial charge in [-0.25, -0.2) is 0 Å². The number of likely N-dealkylation sites (tertiary alicyclic amines) is 1. The molecule has 1 N–H and O–H groups in total. The van der Waals surface area contributed by atoms with Crippen LogP contribution in [0.3, 0.4) is 0 Å². The van der Waals surface area contributed by atoms with Crippen LogP contribution in [0.25, 0.3) is 10.8 Å². The largest absolute Gasteiger partial charge is 0.394 e. The lowest BCUT2D eigenvalue weighted by molar-refractivity contribution is -0.145. The van der Waals surface area contributed by atoms with Crippen LogP contribution in [0, 0.1) is 11.8 Å². The molecule has 7 atom stereocenters. The summed E-state index contributed by atoms with van der Waals surface area (Å²) in [5.74, 6) is -1.89. The van der Waals surface area contributed by atoms with Crippen LogP contribution in [0.5, 0.6) is 0 Å². The lowest BCUT2D eigenvalue weighted by atomic mass is 9.70. The molecular weight excluding hydrogens is 650 g/mol. The van der Waals surface area contributed by atoms with Gasteiger partial charge in [0.2, 0.25) is 11.8 Å². The Labute approximate surface area is 277 Å². The Kier molecular flexibility index (Phi) is 8.96. The summed E-state index contributed by atoms with van der Waals surface area (Å²) in [4.78, 5) is 48.9. The van der Waals surface area contributed by atoms with Gasteiger partial charge in [-0.15, -0.1) is 24.9 Å². The molecule has 0 aliphatic carbocycles. The van der Waals surface area contributed by atoms with Crippen LogP contribution in [0.4, 0.5) is 5.69 Å². The lowest BCUT2D eigenvalue weighted by Crippen LogP contribution is -2.57. The van der Waals surface area contributed by atoms with E-state index >= 15 is 0 Å². The zero-order valence-corrected chi connectivity index (χ0v) is 27.7. The number of carbonyl (C=O) groups is 3. The number of fused-ring (bicyclic) bond motifs is 2. The van der Waals surface area contributed by atoms with E-state index in [1.54, 1.807) is 45.5 Å². The maximum absolute atomic E-state index is 14.9. The highest BCUT2D eigenvalue weighted by Gasteiger charge is 2.76. The fourth-order valence-electron chi connectivity index (χ4n) is 7.54. The predicted octanol–water partition coefficient (Wildman–Crippen LogP) is 5.42. The van der Waals surface area contributed by atoms with Gasteiger partial charge in [0, 0.05) is 35.4 Å². The molecule has 6 rings (SSSR count). The second-order valence-electron chi connectivity index (χ2n) is 12.2. The van der Waals surface area contributed by atoms with E-state index in [9.17, 15) is 19.5 Å². The molecular formula is C36H38BrN3O4S. The van der Waals surface area contributed by atoms with Gasteiger partial charge in [-0.1, -0.05) is 88.7 Å². The second kappa shape index (κ2) is 12.8. The molecule has 0 radical (unpaired) electrons. The highest BCUT2D eigenvalue weighted by atomic mass is 79.9. The summed E-state index contributed by atoms with van der Waals surface area (Å²) >= 11 is 5.47. The van der Waals surface area contributed by atoms with Crippen molar-refractivity contribution in [2.45, 2.75) is 46.8 Å². The van der Waals surface area contributed by atoms with Crippen LogP contribution >= 0.6 is 27.7 Å². The van der Waals surface area contributed by atoms with Gasteiger partial charge in [0.1, 0.15) is 6.04 Å². The zero-order valence-electron chi connectivity index (χ0n) is 25.3. The van der Waals surface area contributed by atoms with Crippen molar-refractivity contribution in [3.8, 4) is 0 Å². The Morgan fingerprint density at radius 2 is 1.73 bits per heavy atom. The van der Waals surface area contributed by atoms with Gasteiger partial charge in [0.25, 0.3) is 5.91 Å². The second-order valence-corrected chi connectivity index (χ2v) is 14.9. The predicted molar refractivity (Wildman–Crippen MR) is 184 cm³/mol. The summed E-state index contributed by atoms with van der Waals surface area (Å²) in [6.07, 6.45) is 3.96. The van der Waals surface area contributed by atoms with Crippen molar-refractivity contribution in [3.63, 3.8) is 0 Å². The number of halogens is 1. The normalized spacial score (nSPS) is 27.3. The van der Waals surface area contributed by atoms with E-state index in [0.717, 1.165) is 16.3 Å². The zero-order chi connectivity index (χ0) is 31.9. The van der Waals surface area contributed by atoms with Crippen LogP contribution in [-0.2, 0) is 20.9 Å². The molecule has 3 aromatic carbocycles. The summed E-state index contributed by atoms with van der Waals surface area (Å²) in [5.41, 5.74) is 1.70. The third-order valence-corrected chi connectivity index (χ3v) is 12.7. The monoisotopic (exact) mass is 687 g/mol. The minimum Gasteiger partial charge on any atom is -0.394 e. The van der Waals surface area contributed by atoms with Crippen molar-refractivity contribution in [2.75, 3.05) is 24.6 Å². The third kappa shape index (κ3) is 5.32. The number of carbonyl (C=O) groups excluding carboxylic acids is 3. The van der Waals surface area contributed by atoms with E-state index in [1.165, 1.54) is 0 Å². The minimum absolute atomic E-state index is 0.0592. The van der Waals surface area contributed by atoms with Crippen molar-refractivity contribution in [1.29, 1.82) is 0 Å². The van der Waals surface area contributed by atoms with Crippen molar-refractivity contribution in [1.82, 2.24) is 9.80 Å². The summed E-state index contributed by atoms with van der Waals surface area (Å²) in [5, 5.41) is 12.2. The van der Waals surface area contributed by atoms with E-state index < -0.39 is 28.7 Å². The molecule has 45 heavy (non-hydrogen) atoms. The standard InChI is InChI=1S/C36H38BrN3O4S/c1-4-17-38(21-24-11-7-6-8-12-24)33(42)29-30-34(43)40(23(3)22-41)32(36(30)20-28(37)31(29)45-36)35(44)39(18-5-2)27-16-15-25-13-9-10-14-26(25)19-27/h4-16,19,23,28-32,41H,1-2,17-18,20-22H2,3H3/t23-,28?,29-,30+,31-,32?,36?/m1/s1. The molecule has 3 aromatic rings. The summed E-state index contributed by atoms with van der Waals surface area (Å²) < 4.78 is -0.834. The van der Waals surface area contributed by atoms with E-state index in [0.29, 0.717) is 25.2 Å². The van der Waals surface area contributed by atoms with Crippen LogP contribution in [0.2, 0.25) is 0 Å². The van der Waals surface area contributed by atoms with Gasteiger partial charge in [-0.3, -0.25) is 14.4 Å². The first-order chi connectivity index (χ1) is 21.7. The minimum atomic E-state index is -0.863. The Hall–Kier alpha value is -3.40. The molecule has 3 aliphatic rings. The van der Waals surface area contributed by atoms with E-state index in [1.807, 2.05) is 72.8 Å². The Bertz CT molecular complexity index is 1630. The number of rotatable bonds is 11. The summed E-state index contributed by atoms with van der Waals surface area (Å²) in [6, 6.07) is 22.2. The molecule has 3 amide bonds. The van der Waals surface area contributed by atoms with Crippen molar-refractivity contribution in [2.24, 2.45) is 11.8 Å². The van der Waals surface area contributed by atoms with Gasteiger partial charge < -0.3 is 19.8 Å². The van der Waals surface area contributed by atoms with Crippen molar-refractivity contribution in [3.05, 3.63) is 104 Å². The number of nitrogens with zero attached hydrogens (tertiary/aromatic N) is 3. The average Bonchev–Trinajstić information content (AvgIpc) is 3.65. The average molecular weight is 689 g/mol. The van der Waals surface area contributed by atoms with Crippen molar-refractivity contribution >= 4 is 61.9 Å². The number of aliphatic hydroxyl groups excluding tert-OH is 1. The summed E-state index contributed by atoms with van der Waals surface area (Å²) in [7, 11) is 0. The molecule has 7 nitrogen and oxygen atoms in total. The number of anilines is 1. The number of thioether (sulfide) groups is 1. The molecule has 3 heterocycles. The first kappa shape index (κ1) is 31.6. The highest BCUT2D eigenvalue weighted by molar-refractivity contribution is 9.09. The Morgan fingerprint density at radius 1 is 1.04 bits per heavy atom. The molecule has 9 heteroatoms. The lowest BCUT2D eigenvalue weighted by Gasteiger charge is -2.39. The molecule has 1 spiro atoms. The highest BCUT2D eigenvalue weighted by Crippen LogP contribution is 2.68. The quantitative estimate of drug-likeness (QED) is 0.215. The number of hydrogen-bond donors (Lipinski definition) is 1. The van der Waals surface area contributed by atoms with E-state index in [-0.39, 0.29) is 41.0 Å². The number of amides is 3. The van der Waals surface area contributed by atoms with Crippen molar-refractivity contribution < 1.29 is 19.5 Å². The molecule has 0 aromatic heterocycles. The molecule has 2 bridgehead atoms. The molecule has 0 saturated carbocycles. The van der Waals surface area contributed by atoms with E-state index in [4.69, 9.17) is 0 Å². The Morgan fingerprint density at radius 3 is 2.42 bits per heavy atom. The Balaban J connectivity index is 1.41. The first-order valence-corrected chi connectivity index (χ1v) is 17.1. The molecule has 3 saturated heterocycles.